The Morgan fingerprint density at radius 1 is 1.44 bits per heavy atom. The van der Waals surface area contributed by atoms with Crippen LogP contribution in [0.2, 0.25) is 0 Å². The van der Waals surface area contributed by atoms with Gasteiger partial charge < -0.3 is 5.11 Å². The van der Waals surface area contributed by atoms with Crippen molar-refractivity contribution < 1.29 is 13.5 Å². The minimum absolute atomic E-state index is 0.0318. The van der Waals surface area contributed by atoms with E-state index in [9.17, 15) is 8.42 Å². The van der Waals surface area contributed by atoms with Gasteiger partial charge in [0.25, 0.3) is 0 Å². The molecule has 2 N–H and O–H groups in total. The Hall–Kier alpha value is -0.630. The lowest BCUT2D eigenvalue weighted by Crippen LogP contribution is -2.33. The van der Waals surface area contributed by atoms with Crippen molar-refractivity contribution in [3.8, 4) is 0 Å². The number of aliphatic hydroxyl groups is 1. The van der Waals surface area contributed by atoms with Crippen molar-refractivity contribution in [1.82, 2.24) is 4.31 Å². The molecule has 0 bridgehead atoms. The van der Waals surface area contributed by atoms with E-state index in [-0.39, 0.29) is 13.2 Å². The van der Waals surface area contributed by atoms with E-state index in [2.05, 4.69) is 20.7 Å². The number of halogens is 1. The number of aryl methyl sites for hydroxylation is 1. The first kappa shape index (κ1) is 15.4. The molecule has 1 aromatic rings. The molecule has 102 valence electrons. The van der Waals surface area contributed by atoms with Crippen molar-refractivity contribution >= 4 is 31.8 Å². The maximum absolute atomic E-state index is 11.9. The van der Waals surface area contributed by atoms with Crippen LogP contribution in [-0.2, 0) is 10.2 Å². The molecule has 5 nitrogen and oxygen atoms in total. The summed E-state index contributed by atoms with van der Waals surface area (Å²) in [5, 5.41) is 8.69. The summed E-state index contributed by atoms with van der Waals surface area (Å²) in [7, 11) is -2.09. The number of benzene rings is 1. The molecule has 1 rings (SSSR count). The van der Waals surface area contributed by atoms with Gasteiger partial charge in [0.05, 0.1) is 5.69 Å². The number of aliphatic hydroxyl groups excluding tert-OH is 1. The predicted molar refractivity (Wildman–Crippen MR) is 75.8 cm³/mol. The molecule has 0 saturated carbocycles. The summed E-state index contributed by atoms with van der Waals surface area (Å²) in [5.41, 5.74) is 1.54. The normalized spacial score (nSPS) is 11.8. The van der Waals surface area contributed by atoms with E-state index in [0.29, 0.717) is 12.1 Å². The van der Waals surface area contributed by atoms with Gasteiger partial charge in [-0.05, 0) is 31.0 Å². The molecule has 7 heteroatoms. The van der Waals surface area contributed by atoms with Crippen LogP contribution in [0.5, 0.6) is 0 Å². The highest BCUT2D eigenvalue weighted by molar-refractivity contribution is 9.10. The van der Waals surface area contributed by atoms with E-state index >= 15 is 0 Å². The number of hydrogen-bond acceptors (Lipinski definition) is 3. The minimum atomic E-state index is -3.56. The van der Waals surface area contributed by atoms with Gasteiger partial charge in [0.15, 0.2) is 0 Å². The van der Waals surface area contributed by atoms with Crippen LogP contribution in [0.25, 0.3) is 0 Å². The fourth-order valence-electron chi connectivity index (χ4n) is 1.30. The van der Waals surface area contributed by atoms with E-state index in [0.717, 1.165) is 10.0 Å². The fourth-order valence-corrected chi connectivity index (χ4v) is 2.63. The molecule has 0 aliphatic rings. The molecule has 0 radical (unpaired) electrons. The minimum Gasteiger partial charge on any atom is -0.396 e. The summed E-state index contributed by atoms with van der Waals surface area (Å²) in [4.78, 5) is 0. The second-order valence-corrected chi connectivity index (χ2v) is 6.60. The SMILES string of the molecule is Cc1ccc(NS(=O)(=O)N(C)CCCO)cc1Br. The lowest BCUT2D eigenvalue weighted by atomic mass is 10.2. The van der Waals surface area contributed by atoms with E-state index in [1.807, 2.05) is 13.0 Å². The second-order valence-electron chi connectivity index (χ2n) is 3.97. The van der Waals surface area contributed by atoms with Gasteiger partial charge in [0, 0.05) is 24.7 Å². The van der Waals surface area contributed by atoms with Crippen LogP contribution in [0.3, 0.4) is 0 Å². The van der Waals surface area contributed by atoms with Crippen LogP contribution in [0.1, 0.15) is 12.0 Å². The number of anilines is 1. The number of hydrogen-bond donors (Lipinski definition) is 2. The van der Waals surface area contributed by atoms with Crippen molar-refractivity contribution in [2.75, 3.05) is 24.9 Å². The van der Waals surface area contributed by atoms with E-state index in [1.165, 1.54) is 11.4 Å². The zero-order chi connectivity index (χ0) is 13.8. The average Bonchev–Trinajstić information content (AvgIpc) is 2.30. The van der Waals surface area contributed by atoms with Gasteiger partial charge in [-0.2, -0.15) is 12.7 Å². The van der Waals surface area contributed by atoms with Crippen molar-refractivity contribution in [2.24, 2.45) is 0 Å². The number of nitrogens with one attached hydrogen (secondary N) is 1. The molecular formula is C11H17BrN2O3S. The second kappa shape index (κ2) is 6.51. The Bertz CT molecular complexity index is 505. The van der Waals surface area contributed by atoms with Crippen molar-refractivity contribution in [3.63, 3.8) is 0 Å². The molecule has 18 heavy (non-hydrogen) atoms. The molecule has 1 aromatic carbocycles. The van der Waals surface area contributed by atoms with Gasteiger partial charge in [-0.15, -0.1) is 0 Å². The van der Waals surface area contributed by atoms with Crippen LogP contribution in [0.15, 0.2) is 22.7 Å². The first-order valence-electron chi connectivity index (χ1n) is 5.48. The first-order valence-corrected chi connectivity index (χ1v) is 7.71. The smallest absolute Gasteiger partial charge is 0.301 e. The zero-order valence-corrected chi connectivity index (χ0v) is 12.8. The van der Waals surface area contributed by atoms with E-state index in [1.54, 1.807) is 12.1 Å². The van der Waals surface area contributed by atoms with Gasteiger partial charge in [0.2, 0.25) is 0 Å². The first-order chi connectivity index (χ1) is 8.36. The lowest BCUT2D eigenvalue weighted by molar-refractivity contribution is 0.276. The summed E-state index contributed by atoms with van der Waals surface area (Å²) < 4.78 is 28.3. The summed E-state index contributed by atoms with van der Waals surface area (Å²) in [6.45, 7) is 2.17. The molecule has 0 saturated heterocycles. The Balaban J connectivity index is 2.78. The van der Waals surface area contributed by atoms with Gasteiger partial charge in [-0.1, -0.05) is 22.0 Å². The molecular weight excluding hydrogens is 320 g/mol. The topological polar surface area (TPSA) is 69.6 Å². The van der Waals surface area contributed by atoms with Gasteiger partial charge in [0.1, 0.15) is 0 Å². The molecule has 0 unspecified atom stereocenters. The Kier molecular flexibility index (Phi) is 5.58. The van der Waals surface area contributed by atoms with Crippen molar-refractivity contribution in [2.45, 2.75) is 13.3 Å². The van der Waals surface area contributed by atoms with Crippen molar-refractivity contribution in [1.29, 1.82) is 0 Å². The fraction of sp³-hybridized carbons (Fsp3) is 0.455. The molecule has 0 amide bonds. The number of nitrogens with zero attached hydrogens (tertiary/aromatic N) is 1. The molecule has 0 fully saturated rings. The summed E-state index contributed by atoms with van der Waals surface area (Å²) in [6.07, 6.45) is 0.412. The maximum Gasteiger partial charge on any atom is 0.301 e. The predicted octanol–water partition coefficient (Wildman–Crippen LogP) is 1.73. The molecule has 0 heterocycles. The highest BCUT2D eigenvalue weighted by Gasteiger charge is 2.17. The zero-order valence-electron chi connectivity index (χ0n) is 10.4. The van der Waals surface area contributed by atoms with Crippen LogP contribution in [-0.4, -0.2) is 38.0 Å². The third kappa shape index (κ3) is 4.24. The van der Waals surface area contributed by atoms with Crippen molar-refractivity contribution in [3.05, 3.63) is 28.2 Å². The highest BCUT2D eigenvalue weighted by Crippen LogP contribution is 2.21. The quantitative estimate of drug-likeness (QED) is 0.831. The van der Waals surface area contributed by atoms with E-state index < -0.39 is 10.2 Å². The maximum atomic E-state index is 11.9. The lowest BCUT2D eigenvalue weighted by Gasteiger charge is -2.18. The van der Waals surface area contributed by atoms with Crippen LogP contribution >= 0.6 is 15.9 Å². The standard InChI is InChI=1S/C11H17BrN2O3S/c1-9-4-5-10(8-11(9)12)13-18(16,17)14(2)6-3-7-15/h4-5,8,13,15H,3,6-7H2,1-2H3. The molecule has 0 spiro atoms. The third-order valence-electron chi connectivity index (χ3n) is 2.46. The van der Waals surface area contributed by atoms with Gasteiger partial charge in [-0.3, -0.25) is 4.72 Å². The van der Waals surface area contributed by atoms with Crippen LogP contribution in [0.4, 0.5) is 5.69 Å². The van der Waals surface area contributed by atoms with Gasteiger partial charge >= 0.3 is 10.2 Å². The monoisotopic (exact) mass is 336 g/mol. The summed E-state index contributed by atoms with van der Waals surface area (Å²) in [6, 6.07) is 5.25. The Morgan fingerprint density at radius 2 is 2.11 bits per heavy atom. The van der Waals surface area contributed by atoms with Crippen LogP contribution < -0.4 is 4.72 Å². The highest BCUT2D eigenvalue weighted by atomic mass is 79.9. The molecule has 0 aromatic heterocycles. The molecule has 0 aliphatic heterocycles. The van der Waals surface area contributed by atoms with E-state index in [4.69, 9.17) is 5.11 Å². The van der Waals surface area contributed by atoms with Crippen LogP contribution in [0, 0.1) is 6.92 Å². The third-order valence-corrected chi connectivity index (χ3v) is 4.81. The molecule has 0 aliphatic carbocycles. The molecule has 0 atom stereocenters. The average molecular weight is 337 g/mol. The summed E-state index contributed by atoms with van der Waals surface area (Å²) >= 11 is 3.35. The number of rotatable bonds is 6. The Morgan fingerprint density at radius 3 is 2.67 bits per heavy atom. The van der Waals surface area contributed by atoms with Gasteiger partial charge in [-0.25, -0.2) is 0 Å². The largest absolute Gasteiger partial charge is 0.396 e. The summed E-state index contributed by atoms with van der Waals surface area (Å²) in [5.74, 6) is 0. The Labute approximate surface area is 116 Å².